The monoisotopic (exact) mass is 347 g/mol. The summed E-state index contributed by atoms with van der Waals surface area (Å²) in [5.74, 6) is -0.129. The third-order valence-electron chi connectivity index (χ3n) is 4.00. The van der Waals surface area contributed by atoms with Gasteiger partial charge in [0.1, 0.15) is 17.6 Å². The van der Waals surface area contributed by atoms with Crippen molar-refractivity contribution in [2.75, 3.05) is 6.61 Å². The molecule has 26 heavy (non-hydrogen) atoms. The number of aromatic nitrogens is 2. The van der Waals surface area contributed by atoms with Crippen LogP contribution in [0.3, 0.4) is 0 Å². The maximum Gasteiger partial charge on any atom is 0.341 e. The summed E-state index contributed by atoms with van der Waals surface area (Å²) in [7, 11) is 0. The number of carbonyl (C=O) groups is 1. The van der Waals surface area contributed by atoms with Crippen LogP contribution in [0.1, 0.15) is 22.5 Å². The molecular weight excluding hydrogens is 330 g/mol. The summed E-state index contributed by atoms with van der Waals surface area (Å²) >= 11 is 0. The molecule has 0 amide bonds. The molecule has 0 bridgehead atoms. The van der Waals surface area contributed by atoms with E-state index in [1.54, 1.807) is 24.3 Å². The van der Waals surface area contributed by atoms with Gasteiger partial charge in [0.15, 0.2) is 6.61 Å². The Bertz CT molecular complexity index is 1020. The Hall–Kier alpha value is -3.59. The van der Waals surface area contributed by atoms with Crippen LogP contribution in [0.15, 0.2) is 36.4 Å². The van der Waals surface area contributed by atoms with Gasteiger partial charge in [-0.25, -0.2) is 9.78 Å². The number of hydrogen-bond acceptors (Lipinski definition) is 4. The first-order valence-electron chi connectivity index (χ1n) is 8.00. The third kappa shape index (κ3) is 3.73. The first-order chi connectivity index (χ1) is 12.5. The van der Waals surface area contributed by atoms with E-state index in [9.17, 15) is 10.1 Å². The largest absolute Gasteiger partial charge is 0.482 e. The molecule has 6 heteroatoms. The number of aryl methyl sites for hydroxylation is 2. The fourth-order valence-corrected chi connectivity index (χ4v) is 2.56. The second-order valence-corrected chi connectivity index (χ2v) is 5.96. The minimum absolute atomic E-state index is 0.381. The average Bonchev–Trinajstić information content (AvgIpc) is 3.01. The zero-order valence-corrected chi connectivity index (χ0v) is 14.4. The van der Waals surface area contributed by atoms with E-state index in [1.807, 2.05) is 32.0 Å². The summed E-state index contributed by atoms with van der Waals surface area (Å²) in [4.78, 5) is 18.3. The molecule has 0 radical (unpaired) electrons. The second-order valence-electron chi connectivity index (χ2n) is 5.96. The topological polar surface area (TPSA) is 99.0 Å². The zero-order valence-electron chi connectivity index (χ0n) is 14.4. The molecule has 0 saturated carbocycles. The van der Waals surface area contributed by atoms with Crippen LogP contribution in [0.4, 0.5) is 0 Å². The van der Waals surface area contributed by atoms with Crippen molar-refractivity contribution < 1.29 is 14.6 Å². The minimum Gasteiger partial charge on any atom is -0.482 e. The highest BCUT2D eigenvalue weighted by molar-refractivity contribution is 5.90. The molecule has 0 spiro atoms. The number of H-pyrrole nitrogens is 1. The van der Waals surface area contributed by atoms with Crippen molar-refractivity contribution in [1.82, 2.24) is 9.97 Å². The molecule has 3 aromatic rings. The fraction of sp³-hybridized carbons (Fsp3) is 0.150. The number of nitrogens with one attached hydrogen (secondary N) is 1. The lowest BCUT2D eigenvalue weighted by atomic mass is 10.1. The molecular formula is C20H17N3O3. The van der Waals surface area contributed by atoms with Crippen LogP contribution in [-0.4, -0.2) is 27.7 Å². The van der Waals surface area contributed by atoms with Gasteiger partial charge in [-0.05, 0) is 60.9 Å². The Morgan fingerprint density at radius 3 is 2.81 bits per heavy atom. The number of nitrogens with zero attached hydrogens (tertiary/aromatic N) is 2. The normalized spacial score (nSPS) is 11.3. The molecule has 0 atom stereocenters. The number of allylic oxidation sites excluding steroid dienone is 1. The SMILES string of the molecule is Cc1cc2nc(/C(C#N)=C/c3cccc(OCC(=O)O)c3)[nH]c2cc1C. The highest BCUT2D eigenvalue weighted by Gasteiger charge is 2.09. The number of benzene rings is 2. The van der Waals surface area contributed by atoms with Crippen molar-refractivity contribution in [3.8, 4) is 11.8 Å². The molecule has 1 aromatic heterocycles. The van der Waals surface area contributed by atoms with Crippen LogP contribution in [0, 0.1) is 25.2 Å². The zero-order chi connectivity index (χ0) is 18.7. The Morgan fingerprint density at radius 1 is 1.31 bits per heavy atom. The first kappa shape index (κ1) is 17.2. The first-order valence-corrected chi connectivity index (χ1v) is 8.00. The molecule has 0 aliphatic carbocycles. The van der Waals surface area contributed by atoms with E-state index in [0.29, 0.717) is 17.1 Å². The van der Waals surface area contributed by atoms with Crippen molar-refractivity contribution in [1.29, 1.82) is 5.26 Å². The predicted octanol–water partition coefficient (Wildman–Crippen LogP) is 3.71. The van der Waals surface area contributed by atoms with Crippen molar-refractivity contribution in [2.24, 2.45) is 0 Å². The number of fused-ring (bicyclic) bond motifs is 1. The van der Waals surface area contributed by atoms with E-state index in [2.05, 4.69) is 16.0 Å². The molecule has 6 nitrogen and oxygen atoms in total. The van der Waals surface area contributed by atoms with Crippen molar-refractivity contribution >= 4 is 28.7 Å². The average molecular weight is 347 g/mol. The van der Waals surface area contributed by atoms with Crippen LogP contribution in [-0.2, 0) is 4.79 Å². The Balaban J connectivity index is 1.95. The van der Waals surface area contributed by atoms with Gasteiger partial charge in [0.2, 0.25) is 0 Å². The molecule has 1 heterocycles. The highest BCUT2D eigenvalue weighted by atomic mass is 16.5. The minimum atomic E-state index is -1.04. The number of hydrogen-bond donors (Lipinski definition) is 2. The van der Waals surface area contributed by atoms with Gasteiger partial charge in [-0.15, -0.1) is 0 Å². The second kappa shape index (κ2) is 7.11. The molecule has 3 rings (SSSR count). The number of aromatic amines is 1. The van der Waals surface area contributed by atoms with Crippen molar-refractivity contribution in [2.45, 2.75) is 13.8 Å². The highest BCUT2D eigenvalue weighted by Crippen LogP contribution is 2.23. The van der Waals surface area contributed by atoms with E-state index in [0.717, 1.165) is 27.7 Å². The summed E-state index contributed by atoms with van der Waals surface area (Å²) in [6.07, 6.45) is 1.69. The quantitative estimate of drug-likeness (QED) is 0.686. The fourth-order valence-electron chi connectivity index (χ4n) is 2.56. The number of nitriles is 1. The van der Waals surface area contributed by atoms with Crippen LogP contribution in [0.2, 0.25) is 0 Å². The number of imidazole rings is 1. The lowest BCUT2D eigenvalue weighted by Crippen LogP contribution is -2.09. The number of carboxylic acids is 1. The summed E-state index contributed by atoms with van der Waals surface area (Å²) in [5, 5.41) is 18.2. The van der Waals surface area contributed by atoms with E-state index in [4.69, 9.17) is 9.84 Å². The Kier molecular flexibility index (Phi) is 4.72. The Morgan fingerprint density at radius 2 is 2.08 bits per heavy atom. The third-order valence-corrected chi connectivity index (χ3v) is 4.00. The van der Waals surface area contributed by atoms with Gasteiger partial charge in [-0.1, -0.05) is 12.1 Å². The molecule has 0 aliphatic rings. The number of ether oxygens (including phenoxy) is 1. The summed E-state index contributed by atoms with van der Waals surface area (Å²) in [6, 6.07) is 13.0. The van der Waals surface area contributed by atoms with Crippen LogP contribution in [0.5, 0.6) is 5.75 Å². The molecule has 0 unspecified atom stereocenters. The number of rotatable bonds is 5. The van der Waals surface area contributed by atoms with Crippen molar-refractivity contribution in [3.05, 3.63) is 58.9 Å². The smallest absolute Gasteiger partial charge is 0.341 e. The maximum absolute atomic E-state index is 10.6. The predicted molar refractivity (Wildman–Crippen MR) is 98.6 cm³/mol. The summed E-state index contributed by atoms with van der Waals surface area (Å²) < 4.78 is 5.17. The molecule has 2 aromatic carbocycles. The summed E-state index contributed by atoms with van der Waals surface area (Å²) in [6.45, 7) is 3.63. The number of carboxylic acid groups (broad SMARTS) is 1. The maximum atomic E-state index is 10.6. The van der Waals surface area contributed by atoms with Gasteiger partial charge in [0.25, 0.3) is 0 Å². The van der Waals surface area contributed by atoms with E-state index in [-0.39, 0.29) is 0 Å². The number of aliphatic carboxylic acids is 1. The van der Waals surface area contributed by atoms with Crippen LogP contribution >= 0.6 is 0 Å². The van der Waals surface area contributed by atoms with Crippen molar-refractivity contribution in [3.63, 3.8) is 0 Å². The van der Waals surface area contributed by atoms with Crippen LogP contribution in [0.25, 0.3) is 22.7 Å². The lowest BCUT2D eigenvalue weighted by Gasteiger charge is -2.04. The Labute approximate surface area is 150 Å². The van der Waals surface area contributed by atoms with Gasteiger partial charge in [-0.3, -0.25) is 0 Å². The van der Waals surface area contributed by atoms with E-state index < -0.39 is 12.6 Å². The molecule has 0 aliphatic heterocycles. The molecule has 130 valence electrons. The van der Waals surface area contributed by atoms with Gasteiger partial charge in [0, 0.05) is 0 Å². The van der Waals surface area contributed by atoms with Gasteiger partial charge >= 0.3 is 5.97 Å². The lowest BCUT2D eigenvalue weighted by molar-refractivity contribution is -0.139. The summed E-state index contributed by atoms with van der Waals surface area (Å²) in [5.41, 5.74) is 5.08. The molecule has 0 fully saturated rings. The van der Waals surface area contributed by atoms with E-state index in [1.165, 1.54) is 0 Å². The van der Waals surface area contributed by atoms with Gasteiger partial charge in [-0.2, -0.15) is 5.26 Å². The molecule has 2 N–H and O–H groups in total. The van der Waals surface area contributed by atoms with E-state index >= 15 is 0 Å². The standard InChI is InChI=1S/C20H17N3O3/c1-12-6-17-18(7-13(12)2)23-20(22-17)15(10-21)8-14-4-3-5-16(9-14)26-11-19(24)25/h3-9H,11H2,1-2H3,(H,22,23)(H,24,25)/b15-8+. The van der Waals surface area contributed by atoms with Gasteiger partial charge < -0.3 is 14.8 Å². The van der Waals surface area contributed by atoms with Crippen LogP contribution < -0.4 is 4.74 Å². The molecule has 0 saturated heterocycles. The van der Waals surface area contributed by atoms with Gasteiger partial charge in [0.05, 0.1) is 16.6 Å².